The summed E-state index contributed by atoms with van der Waals surface area (Å²) in [4.78, 5) is 29.6. The summed E-state index contributed by atoms with van der Waals surface area (Å²) in [5, 5.41) is 198. The fraction of sp³-hybridized carbons (Fsp3) is 0.897. The van der Waals surface area contributed by atoms with Gasteiger partial charge in [0, 0.05) is 5.57 Å². The number of hydrogen-bond donors (Lipinski definition) is 18. The zero-order valence-electron chi connectivity index (χ0n) is 65.9. The smallest absolute Gasteiger partial charge is 0.333 e. The topological polar surface area (TPSA) is 537 Å². The summed E-state index contributed by atoms with van der Waals surface area (Å²) >= 11 is 0. The van der Waals surface area contributed by atoms with E-state index in [0.29, 0.717) is 51.4 Å². The van der Waals surface area contributed by atoms with E-state index >= 15 is 4.79 Å². The van der Waals surface area contributed by atoms with Crippen LogP contribution in [-0.4, -0.2) is 346 Å². The summed E-state index contributed by atoms with van der Waals surface area (Å²) in [7, 11) is 0. The molecule has 7 aliphatic heterocycles. The fourth-order valence-corrected chi connectivity index (χ4v) is 20.7. The van der Waals surface area contributed by atoms with Crippen molar-refractivity contribution in [2.45, 2.75) is 349 Å². The Morgan fingerprint density at radius 3 is 1.69 bits per heavy atom. The maximum absolute atomic E-state index is 16.1. The van der Waals surface area contributed by atoms with Gasteiger partial charge in [-0.25, -0.2) is 4.79 Å². The van der Waals surface area contributed by atoms with Crippen LogP contribution in [0.3, 0.4) is 0 Å². The van der Waals surface area contributed by atoms with Crippen molar-refractivity contribution in [3.8, 4) is 0 Å². The minimum absolute atomic E-state index is 0.0369. The van der Waals surface area contributed by atoms with Gasteiger partial charge in [-0.15, -0.1) is 6.58 Å². The van der Waals surface area contributed by atoms with Crippen LogP contribution >= 0.6 is 0 Å². The molecule has 40 atom stereocenters. The first-order valence-electron chi connectivity index (χ1n) is 39.9. The third-order valence-corrected chi connectivity index (χ3v) is 28.2. The van der Waals surface area contributed by atoms with E-state index in [1.165, 1.54) is 19.9 Å². The van der Waals surface area contributed by atoms with Crippen molar-refractivity contribution in [3.63, 3.8) is 0 Å². The van der Waals surface area contributed by atoms with Gasteiger partial charge in [0.05, 0.1) is 56.3 Å². The van der Waals surface area contributed by atoms with E-state index < -0.39 is 276 Å². The molecule has 5 aliphatic carbocycles. The first-order chi connectivity index (χ1) is 52.9. The molecule has 4 saturated carbocycles. The highest BCUT2D eigenvalue weighted by Crippen LogP contribution is 2.76. The Balaban J connectivity index is 0.751. The van der Waals surface area contributed by atoms with Gasteiger partial charge in [0.2, 0.25) is 6.29 Å². The van der Waals surface area contributed by atoms with Crippen LogP contribution in [0.1, 0.15) is 146 Å². The standard InChI is InChI=1S/C78H124O35/c1-12-74(8,98)19-13-14-33(2)63(96)99-31-41-50(87)52(89)62(112-67-57(94)53(90)59(34(3)105-67)109-66-58(95)60(40(82)30-102-66)110-64-54(91)46(83)37(79)27-100-64)70(107-41)113-71(97)78-24-22-72(4,5)26-36(78)35-15-16-44-75(9)20-18-45(73(6,7)43(75)17-21-77(44,11)76(35,10)23-25-78)108-68-56(93)51(88)49(86)42(106-68)32-104-69-61(48(85)39(81)29-103-69)111-65-55(92)47(84)38(80)28-101-65/h12,14-15,34,36-62,64-70,79-95,98H,1,13,16-32H2,2-11H3/b33-14+/t34-,36-,37+,38+,39-,40+,41+,42+,43-,44+,45-,46-,47-,48-,49+,50+,51-,52-,53-,54+,55+,56+,57+,58+,59-,60-,61+,62+,64-,65-,66-,67-,68-,69-,70-,74+,75-,76+,77+,78-/m0/s1. The lowest BCUT2D eigenvalue weighted by atomic mass is 9.33. The van der Waals surface area contributed by atoms with Crippen LogP contribution in [0, 0.1) is 50.2 Å². The third-order valence-electron chi connectivity index (χ3n) is 28.2. The third kappa shape index (κ3) is 17.1. The van der Waals surface area contributed by atoms with Crippen molar-refractivity contribution in [1.29, 1.82) is 0 Å². The summed E-state index contributed by atoms with van der Waals surface area (Å²) in [5.41, 5.74) is -3.12. The molecule has 0 unspecified atom stereocenters. The molecule has 113 heavy (non-hydrogen) atoms. The quantitative estimate of drug-likeness (QED) is 0.0226. The maximum atomic E-state index is 16.1. The van der Waals surface area contributed by atoms with E-state index in [1.54, 1.807) is 13.0 Å². The molecule has 18 N–H and O–H groups in total. The van der Waals surface area contributed by atoms with E-state index in [1.807, 2.05) is 0 Å². The Labute approximate surface area is 656 Å². The summed E-state index contributed by atoms with van der Waals surface area (Å²) in [6, 6.07) is 0. The number of hydrogen-bond acceptors (Lipinski definition) is 35. The van der Waals surface area contributed by atoms with Crippen molar-refractivity contribution in [2.24, 2.45) is 50.2 Å². The molecular weight excluding hydrogens is 1500 g/mol. The largest absolute Gasteiger partial charge is 0.459 e. The van der Waals surface area contributed by atoms with Gasteiger partial charge in [0.25, 0.3) is 0 Å². The summed E-state index contributed by atoms with van der Waals surface area (Å²) in [6.07, 6.45) is -40.8. The van der Waals surface area contributed by atoms with Crippen molar-refractivity contribution < 1.29 is 173 Å². The van der Waals surface area contributed by atoms with Gasteiger partial charge >= 0.3 is 11.9 Å². The molecule has 35 nitrogen and oxygen atoms in total. The molecule has 646 valence electrons. The van der Waals surface area contributed by atoms with Crippen LogP contribution in [0.2, 0.25) is 0 Å². The first kappa shape index (κ1) is 89.2. The highest BCUT2D eigenvalue weighted by molar-refractivity contribution is 5.87. The van der Waals surface area contributed by atoms with Crippen LogP contribution < -0.4 is 0 Å². The number of rotatable bonds is 22. The Morgan fingerprint density at radius 2 is 1.04 bits per heavy atom. The molecule has 0 bridgehead atoms. The van der Waals surface area contributed by atoms with Gasteiger partial charge in [-0.2, -0.15) is 0 Å². The Morgan fingerprint density at radius 1 is 0.531 bits per heavy atom. The maximum Gasteiger partial charge on any atom is 0.333 e. The van der Waals surface area contributed by atoms with Crippen molar-refractivity contribution in [3.05, 3.63) is 36.0 Å². The van der Waals surface area contributed by atoms with Crippen LogP contribution in [0.15, 0.2) is 36.0 Å². The molecule has 0 aromatic rings. The molecule has 7 saturated heterocycles. The number of carbonyl (C=O) groups excluding carboxylic acids is 2. The predicted molar refractivity (Wildman–Crippen MR) is 383 cm³/mol. The minimum atomic E-state index is -2.06. The van der Waals surface area contributed by atoms with Gasteiger partial charge < -0.3 is 163 Å². The second kappa shape index (κ2) is 34.4. The zero-order valence-corrected chi connectivity index (χ0v) is 65.9. The van der Waals surface area contributed by atoms with E-state index in [4.69, 9.17) is 71.1 Å². The van der Waals surface area contributed by atoms with Crippen LogP contribution in [0.5, 0.6) is 0 Å². The normalized spacial score (nSPS) is 50.6. The number of aliphatic hydroxyl groups excluding tert-OH is 17. The zero-order chi connectivity index (χ0) is 82.5. The van der Waals surface area contributed by atoms with Crippen LogP contribution in [-0.2, 0) is 80.6 Å². The number of allylic oxidation sites excluding steroid dienone is 3. The molecule has 12 rings (SSSR count). The van der Waals surface area contributed by atoms with Crippen molar-refractivity contribution >= 4 is 11.9 Å². The van der Waals surface area contributed by atoms with Crippen LogP contribution in [0.25, 0.3) is 0 Å². The SMILES string of the molecule is C=C[C@@](C)(O)CC/C=C(\C)C(=O)OC[C@H]1O[C@@H](OC(=O)[C@]23CCC(C)(C)C[C@H]2C2=CC[C@@H]4[C@@]5(C)CC[C@H](O[C@@H]6O[C@H](CO[C@@H]7OC[C@H](O)[C@H](O)[C@H]7O[C@@H]7OC[C@@H](O)[C@H](O)[C@H]7O)[C@@H](O)[C@H](O)[C@H]6O)C(C)(C)[C@@H]5CC[C@@]4(C)[C@]2(C)CC3)[C@H](O[C@@H]2O[C@@H](C)[C@H](O[C@@H]3OC[C@@H](O)[C@H](O[C@@H]4OC[C@@H](O)[C@H](O)[C@H]4O)[C@H]3O)[C@@H](O)[C@H]2O)[C@@H](O)[C@@H]1O. The van der Waals surface area contributed by atoms with E-state index in [9.17, 15) is 96.7 Å². The summed E-state index contributed by atoms with van der Waals surface area (Å²) in [6.45, 7) is 20.8. The Kier molecular flexibility index (Phi) is 27.2. The lowest BCUT2D eigenvalue weighted by Crippen LogP contribution is -2.67. The number of fused-ring (bicyclic) bond motifs is 7. The van der Waals surface area contributed by atoms with Crippen molar-refractivity contribution in [2.75, 3.05) is 39.6 Å². The summed E-state index contributed by atoms with van der Waals surface area (Å²) < 4.78 is 89.7. The summed E-state index contributed by atoms with van der Waals surface area (Å²) in [5.74, 6) is -1.77. The van der Waals surface area contributed by atoms with Crippen molar-refractivity contribution in [1.82, 2.24) is 0 Å². The molecule has 11 fully saturated rings. The minimum Gasteiger partial charge on any atom is -0.459 e. The average molecular weight is 1620 g/mol. The van der Waals surface area contributed by atoms with Gasteiger partial charge in [-0.1, -0.05) is 72.3 Å². The Hall–Kier alpha value is -3.08. The molecule has 0 radical (unpaired) electrons. The molecule has 0 spiro atoms. The van der Waals surface area contributed by atoms with Crippen LogP contribution in [0.4, 0.5) is 0 Å². The van der Waals surface area contributed by atoms with Gasteiger partial charge in [-0.3, -0.25) is 4.79 Å². The average Bonchev–Trinajstić information content (AvgIpc) is 0.674. The number of esters is 2. The number of carbonyl (C=O) groups is 2. The predicted octanol–water partition coefficient (Wildman–Crippen LogP) is -2.76. The second-order valence-electron chi connectivity index (χ2n) is 36.3. The Bertz CT molecular complexity index is 3330. The molecule has 0 amide bonds. The molecule has 12 aliphatic rings. The fourth-order valence-electron chi connectivity index (χ4n) is 20.7. The molecule has 35 heteroatoms. The van der Waals surface area contributed by atoms with E-state index in [2.05, 4.69) is 61.1 Å². The second-order valence-corrected chi connectivity index (χ2v) is 36.3. The molecular formula is C78H124O35. The highest BCUT2D eigenvalue weighted by Gasteiger charge is 2.71. The lowest BCUT2D eigenvalue weighted by Gasteiger charge is -2.71. The highest BCUT2D eigenvalue weighted by atomic mass is 16.8. The molecule has 7 heterocycles. The monoisotopic (exact) mass is 1620 g/mol. The van der Waals surface area contributed by atoms with Gasteiger partial charge in [-0.05, 0) is 143 Å². The molecule has 0 aromatic heterocycles. The molecule has 0 aromatic carbocycles. The van der Waals surface area contributed by atoms with E-state index in [0.717, 1.165) is 18.4 Å². The number of aliphatic hydroxyl groups is 18. The van der Waals surface area contributed by atoms with E-state index in [-0.39, 0.29) is 46.5 Å². The lowest BCUT2D eigenvalue weighted by molar-refractivity contribution is -0.379. The van der Waals surface area contributed by atoms with Gasteiger partial charge in [0.15, 0.2) is 43.8 Å². The first-order valence-corrected chi connectivity index (χ1v) is 39.9. The van der Waals surface area contributed by atoms with Gasteiger partial charge in [0.1, 0.15) is 141 Å². The number of ether oxygens (including phenoxy) is 15.